The molecule has 0 spiro atoms. The molecule has 1 amide bonds. The molecule has 27 heavy (non-hydrogen) atoms. The maximum Gasteiger partial charge on any atom is 0.229 e. The van der Waals surface area contributed by atoms with Crippen molar-refractivity contribution in [1.82, 2.24) is 10.6 Å². The lowest BCUT2D eigenvalue weighted by molar-refractivity contribution is -0.117. The summed E-state index contributed by atoms with van der Waals surface area (Å²) in [5, 5.41) is 6.61. The van der Waals surface area contributed by atoms with Gasteiger partial charge in [0.1, 0.15) is 0 Å². The van der Waals surface area contributed by atoms with Crippen molar-refractivity contribution in [3.05, 3.63) is 30.3 Å². The summed E-state index contributed by atoms with van der Waals surface area (Å²) in [4.78, 5) is 18.7. The minimum Gasteiger partial charge on any atom is -0.377 e. The van der Waals surface area contributed by atoms with Crippen LogP contribution in [0.5, 0.6) is 0 Å². The van der Waals surface area contributed by atoms with Crippen LogP contribution in [-0.2, 0) is 14.3 Å². The summed E-state index contributed by atoms with van der Waals surface area (Å²) in [5.41, 5.74) is 0.941. The Morgan fingerprint density at radius 2 is 2.22 bits per heavy atom. The zero-order valence-corrected chi connectivity index (χ0v) is 16.0. The number of para-hydroxylation sites is 1. The molecule has 2 fully saturated rings. The SMILES string of the molecule is CCNC(=NCCOCC1CCCO1)NC1CC(=O)N(c2ccccc2)C1. The third kappa shape index (κ3) is 5.94. The van der Waals surface area contributed by atoms with Crippen LogP contribution >= 0.6 is 0 Å². The molecule has 0 radical (unpaired) electrons. The van der Waals surface area contributed by atoms with E-state index in [0.717, 1.165) is 37.6 Å². The number of hydrogen-bond acceptors (Lipinski definition) is 4. The van der Waals surface area contributed by atoms with E-state index in [2.05, 4.69) is 15.6 Å². The molecule has 7 nitrogen and oxygen atoms in total. The molecule has 7 heteroatoms. The van der Waals surface area contributed by atoms with Crippen LogP contribution in [0.25, 0.3) is 0 Å². The number of carbonyl (C=O) groups is 1. The van der Waals surface area contributed by atoms with Crippen molar-refractivity contribution in [2.75, 3.05) is 44.4 Å². The molecule has 2 heterocycles. The second-order valence-electron chi connectivity index (χ2n) is 6.86. The minimum atomic E-state index is 0.0447. The lowest BCUT2D eigenvalue weighted by Crippen LogP contribution is -2.44. The minimum absolute atomic E-state index is 0.0447. The Morgan fingerprint density at radius 3 is 2.96 bits per heavy atom. The Bertz CT molecular complexity index is 617. The van der Waals surface area contributed by atoms with Crippen molar-refractivity contribution in [1.29, 1.82) is 0 Å². The van der Waals surface area contributed by atoms with Crippen LogP contribution in [-0.4, -0.2) is 63.5 Å². The summed E-state index contributed by atoms with van der Waals surface area (Å²) < 4.78 is 11.2. The normalized spacial score (nSPS) is 23.1. The van der Waals surface area contributed by atoms with Crippen molar-refractivity contribution in [2.45, 2.75) is 38.3 Å². The molecule has 2 N–H and O–H groups in total. The van der Waals surface area contributed by atoms with Crippen molar-refractivity contribution in [3.8, 4) is 0 Å². The molecule has 2 unspecified atom stereocenters. The van der Waals surface area contributed by atoms with Gasteiger partial charge in [-0.05, 0) is 31.9 Å². The molecule has 2 atom stereocenters. The van der Waals surface area contributed by atoms with Gasteiger partial charge < -0.3 is 25.0 Å². The molecule has 0 bridgehead atoms. The van der Waals surface area contributed by atoms with E-state index in [1.165, 1.54) is 0 Å². The lowest BCUT2D eigenvalue weighted by atomic mass is 10.2. The molecule has 2 saturated heterocycles. The molecule has 148 valence electrons. The van der Waals surface area contributed by atoms with Crippen molar-refractivity contribution in [3.63, 3.8) is 0 Å². The molecule has 2 aliphatic rings. The van der Waals surface area contributed by atoms with Crippen molar-refractivity contribution < 1.29 is 14.3 Å². The first-order valence-electron chi connectivity index (χ1n) is 9.86. The second-order valence-corrected chi connectivity index (χ2v) is 6.86. The highest BCUT2D eigenvalue weighted by molar-refractivity contribution is 5.97. The quantitative estimate of drug-likeness (QED) is 0.410. The average molecular weight is 374 g/mol. The summed E-state index contributed by atoms with van der Waals surface area (Å²) in [5.74, 6) is 0.861. The highest BCUT2D eigenvalue weighted by atomic mass is 16.5. The number of aliphatic imine (C=N–C) groups is 1. The van der Waals surface area contributed by atoms with Gasteiger partial charge >= 0.3 is 0 Å². The summed E-state index contributed by atoms with van der Waals surface area (Å²) in [6.45, 7) is 6.07. The van der Waals surface area contributed by atoms with Gasteiger partial charge in [-0.15, -0.1) is 0 Å². The fourth-order valence-electron chi connectivity index (χ4n) is 3.39. The summed E-state index contributed by atoms with van der Waals surface area (Å²) in [6, 6.07) is 9.83. The van der Waals surface area contributed by atoms with Crippen molar-refractivity contribution >= 4 is 17.6 Å². The third-order valence-corrected chi connectivity index (χ3v) is 4.71. The Morgan fingerprint density at radius 1 is 1.37 bits per heavy atom. The third-order valence-electron chi connectivity index (χ3n) is 4.71. The number of benzene rings is 1. The van der Waals surface area contributed by atoms with E-state index in [-0.39, 0.29) is 18.1 Å². The van der Waals surface area contributed by atoms with Crippen LogP contribution in [0, 0.1) is 0 Å². The van der Waals surface area contributed by atoms with E-state index >= 15 is 0 Å². The molecular formula is C20H30N4O3. The molecule has 0 aromatic heterocycles. The van der Waals surface area contributed by atoms with E-state index < -0.39 is 0 Å². The number of nitrogens with zero attached hydrogens (tertiary/aromatic N) is 2. The first-order chi connectivity index (χ1) is 13.3. The number of nitrogens with one attached hydrogen (secondary N) is 2. The van der Waals surface area contributed by atoms with Crippen LogP contribution in [0.1, 0.15) is 26.2 Å². The number of ether oxygens (including phenoxy) is 2. The average Bonchev–Trinajstić information content (AvgIpc) is 3.32. The van der Waals surface area contributed by atoms with Gasteiger partial charge in [0.2, 0.25) is 5.91 Å². The highest BCUT2D eigenvalue weighted by Crippen LogP contribution is 2.20. The largest absolute Gasteiger partial charge is 0.377 e. The molecule has 1 aromatic carbocycles. The van der Waals surface area contributed by atoms with Crippen molar-refractivity contribution in [2.24, 2.45) is 4.99 Å². The summed E-state index contributed by atoms with van der Waals surface area (Å²) in [7, 11) is 0. The number of guanidine groups is 1. The van der Waals surface area contributed by atoms with Crippen LogP contribution in [0.2, 0.25) is 0 Å². The highest BCUT2D eigenvalue weighted by Gasteiger charge is 2.31. The first kappa shape index (κ1) is 19.6. The first-order valence-corrected chi connectivity index (χ1v) is 9.86. The van der Waals surface area contributed by atoms with E-state index in [0.29, 0.717) is 32.7 Å². The summed E-state index contributed by atoms with van der Waals surface area (Å²) in [6.07, 6.45) is 2.92. The fourth-order valence-corrected chi connectivity index (χ4v) is 3.39. The van der Waals surface area contributed by atoms with Gasteiger partial charge in [0.15, 0.2) is 5.96 Å². The van der Waals surface area contributed by atoms with Gasteiger partial charge in [0, 0.05) is 31.8 Å². The van der Waals surface area contributed by atoms with E-state index in [1.54, 1.807) is 0 Å². The van der Waals surface area contributed by atoms with Gasteiger partial charge in [-0.3, -0.25) is 9.79 Å². The Balaban J connectivity index is 1.45. The predicted molar refractivity (Wildman–Crippen MR) is 106 cm³/mol. The van der Waals surface area contributed by atoms with E-state index in [4.69, 9.17) is 9.47 Å². The van der Waals surface area contributed by atoms with Crippen LogP contribution in [0.4, 0.5) is 5.69 Å². The molecule has 1 aromatic rings. The molecular weight excluding hydrogens is 344 g/mol. The maximum absolute atomic E-state index is 12.3. The molecule has 2 aliphatic heterocycles. The monoisotopic (exact) mass is 374 g/mol. The van der Waals surface area contributed by atoms with Crippen LogP contribution in [0.15, 0.2) is 35.3 Å². The number of anilines is 1. The maximum atomic E-state index is 12.3. The standard InChI is InChI=1S/C20H30N4O3/c1-2-21-20(22-10-12-26-15-18-9-6-11-27-18)23-16-13-19(25)24(14-16)17-7-4-3-5-8-17/h3-5,7-8,16,18H,2,6,9-15H2,1H3,(H2,21,22,23). The van der Waals surface area contributed by atoms with Gasteiger partial charge in [-0.1, -0.05) is 18.2 Å². The van der Waals surface area contributed by atoms with Gasteiger partial charge in [-0.2, -0.15) is 0 Å². The zero-order valence-electron chi connectivity index (χ0n) is 16.0. The van der Waals surface area contributed by atoms with Crippen LogP contribution < -0.4 is 15.5 Å². The Kier molecular flexibility index (Phi) is 7.47. The number of amides is 1. The smallest absolute Gasteiger partial charge is 0.229 e. The fraction of sp³-hybridized carbons (Fsp3) is 0.600. The van der Waals surface area contributed by atoms with Gasteiger partial charge in [0.25, 0.3) is 0 Å². The van der Waals surface area contributed by atoms with Gasteiger partial charge in [-0.25, -0.2) is 0 Å². The second kappa shape index (κ2) is 10.3. The topological polar surface area (TPSA) is 75.2 Å². The lowest BCUT2D eigenvalue weighted by Gasteiger charge is -2.19. The Hall–Kier alpha value is -2.12. The van der Waals surface area contributed by atoms with Crippen LogP contribution in [0.3, 0.4) is 0 Å². The number of rotatable bonds is 8. The molecule has 3 rings (SSSR count). The zero-order chi connectivity index (χ0) is 18.9. The molecule has 0 saturated carbocycles. The summed E-state index contributed by atoms with van der Waals surface area (Å²) >= 11 is 0. The number of carbonyl (C=O) groups excluding carboxylic acids is 1. The van der Waals surface area contributed by atoms with E-state index in [9.17, 15) is 4.79 Å². The molecule has 0 aliphatic carbocycles. The Labute approximate surface area is 161 Å². The van der Waals surface area contributed by atoms with E-state index in [1.807, 2.05) is 42.2 Å². The predicted octanol–water partition coefficient (Wildman–Crippen LogP) is 1.54. The number of hydrogen-bond donors (Lipinski definition) is 2. The van der Waals surface area contributed by atoms with Gasteiger partial charge in [0.05, 0.1) is 31.9 Å².